The highest BCUT2D eigenvalue weighted by atomic mass is 32.2. The van der Waals surface area contributed by atoms with E-state index in [4.69, 9.17) is 4.74 Å². The van der Waals surface area contributed by atoms with Crippen LogP contribution in [0.25, 0.3) is 0 Å². The number of anilines is 1. The van der Waals surface area contributed by atoms with Crippen LogP contribution in [0.1, 0.15) is 11.1 Å². The van der Waals surface area contributed by atoms with E-state index < -0.39 is 6.61 Å². The van der Waals surface area contributed by atoms with Crippen molar-refractivity contribution in [3.8, 4) is 11.5 Å². The summed E-state index contributed by atoms with van der Waals surface area (Å²) < 4.78 is 34.1. The first-order valence-electron chi connectivity index (χ1n) is 7.54. The van der Waals surface area contributed by atoms with Crippen molar-refractivity contribution < 1.29 is 23.0 Å². The van der Waals surface area contributed by atoms with E-state index in [9.17, 15) is 13.6 Å². The molecular formula is C18H19F2NO3S. The molecule has 0 atom stereocenters. The van der Waals surface area contributed by atoms with E-state index in [1.54, 1.807) is 12.1 Å². The lowest BCUT2D eigenvalue weighted by atomic mass is 10.2. The Kier molecular flexibility index (Phi) is 7.06. The Morgan fingerprint density at radius 1 is 1.20 bits per heavy atom. The number of alkyl halides is 2. The zero-order chi connectivity index (χ0) is 18.2. The molecule has 0 heterocycles. The van der Waals surface area contributed by atoms with E-state index in [0.29, 0.717) is 5.75 Å². The molecule has 0 radical (unpaired) electrons. The van der Waals surface area contributed by atoms with Crippen LogP contribution in [0.3, 0.4) is 0 Å². The van der Waals surface area contributed by atoms with Gasteiger partial charge in [0.05, 0.1) is 12.9 Å². The average molecular weight is 367 g/mol. The Balaban J connectivity index is 1.85. The number of hydrogen-bond donors (Lipinski definition) is 1. The van der Waals surface area contributed by atoms with Crippen LogP contribution in [0.5, 0.6) is 11.5 Å². The molecule has 0 aromatic heterocycles. The van der Waals surface area contributed by atoms with Gasteiger partial charge in [0.25, 0.3) is 0 Å². The van der Waals surface area contributed by atoms with E-state index in [1.807, 2.05) is 31.2 Å². The molecule has 2 aromatic carbocycles. The normalized spacial score (nSPS) is 10.6. The highest BCUT2D eigenvalue weighted by molar-refractivity contribution is 7.99. The maximum absolute atomic E-state index is 12.3. The van der Waals surface area contributed by atoms with Crippen LogP contribution in [0.4, 0.5) is 14.5 Å². The smallest absolute Gasteiger partial charge is 0.387 e. The van der Waals surface area contributed by atoms with E-state index in [2.05, 4.69) is 10.1 Å². The predicted molar refractivity (Wildman–Crippen MR) is 95.6 cm³/mol. The second-order valence-electron chi connectivity index (χ2n) is 5.27. The maximum atomic E-state index is 12.3. The molecule has 4 nitrogen and oxygen atoms in total. The van der Waals surface area contributed by atoms with E-state index in [-0.39, 0.29) is 23.2 Å². The number of rotatable bonds is 8. The molecular weight excluding hydrogens is 348 g/mol. The van der Waals surface area contributed by atoms with Gasteiger partial charge >= 0.3 is 6.61 Å². The number of hydrogen-bond acceptors (Lipinski definition) is 4. The second-order valence-corrected chi connectivity index (χ2v) is 6.26. The van der Waals surface area contributed by atoms with Crippen molar-refractivity contribution in [3.63, 3.8) is 0 Å². The first kappa shape index (κ1) is 19.1. The zero-order valence-corrected chi connectivity index (χ0v) is 14.7. The predicted octanol–water partition coefficient (Wildman–Crippen LogP) is 4.48. The van der Waals surface area contributed by atoms with Gasteiger partial charge in [-0.15, -0.1) is 11.8 Å². The number of carbonyl (C=O) groups excluding carboxylic acids is 1. The number of amides is 1. The molecule has 25 heavy (non-hydrogen) atoms. The number of methoxy groups -OCH3 is 1. The molecule has 1 N–H and O–H groups in total. The van der Waals surface area contributed by atoms with Crippen molar-refractivity contribution in [2.45, 2.75) is 19.3 Å². The van der Waals surface area contributed by atoms with Gasteiger partial charge in [-0.3, -0.25) is 4.79 Å². The Morgan fingerprint density at radius 3 is 2.68 bits per heavy atom. The van der Waals surface area contributed by atoms with Crippen molar-refractivity contribution in [2.75, 3.05) is 18.2 Å². The molecule has 0 saturated heterocycles. The van der Waals surface area contributed by atoms with Gasteiger partial charge in [0.1, 0.15) is 0 Å². The summed E-state index contributed by atoms with van der Waals surface area (Å²) in [6.07, 6.45) is 0. The molecule has 2 aromatic rings. The van der Waals surface area contributed by atoms with Crippen LogP contribution >= 0.6 is 11.8 Å². The number of aryl methyl sites for hydroxylation is 1. The zero-order valence-electron chi connectivity index (χ0n) is 13.9. The van der Waals surface area contributed by atoms with Crippen LogP contribution < -0.4 is 14.8 Å². The minimum Gasteiger partial charge on any atom is -0.493 e. The number of halogens is 2. The van der Waals surface area contributed by atoms with Gasteiger partial charge in [0.2, 0.25) is 5.91 Å². The Hall–Kier alpha value is -2.28. The standard InChI is InChI=1S/C18H19F2NO3S/c1-12-4-3-5-14(8-12)21-17(22)11-25-10-13-6-7-15(24-18(19)20)16(9-13)23-2/h3-9,18H,10-11H2,1-2H3,(H,21,22). The molecule has 0 spiro atoms. The van der Waals surface area contributed by atoms with Gasteiger partial charge in [-0.1, -0.05) is 18.2 Å². The van der Waals surface area contributed by atoms with Crippen molar-refractivity contribution in [1.29, 1.82) is 0 Å². The molecule has 134 valence electrons. The second kappa shape index (κ2) is 9.27. The van der Waals surface area contributed by atoms with Crippen molar-refractivity contribution >= 4 is 23.4 Å². The van der Waals surface area contributed by atoms with E-state index in [0.717, 1.165) is 16.8 Å². The Bertz CT molecular complexity index is 725. The molecule has 0 aliphatic carbocycles. The summed E-state index contributed by atoms with van der Waals surface area (Å²) in [7, 11) is 1.39. The molecule has 0 aliphatic rings. The summed E-state index contributed by atoms with van der Waals surface area (Å²) in [5, 5.41) is 2.83. The SMILES string of the molecule is COc1cc(CSCC(=O)Nc2cccc(C)c2)ccc1OC(F)F. The van der Waals surface area contributed by atoms with Gasteiger partial charge in [-0.25, -0.2) is 0 Å². The summed E-state index contributed by atoms with van der Waals surface area (Å²) in [6, 6.07) is 12.3. The molecule has 0 bridgehead atoms. The quantitative estimate of drug-likeness (QED) is 0.747. The Labute approximate surface area is 149 Å². The fraction of sp³-hybridized carbons (Fsp3) is 0.278. The molecule has 2 rings (SSSR count). The van der Waals surface area contributed by atoms with Crippen LogP contribution in [-0.2, 0) is 10.5 Å². The highest BCUT2D eigenvalue weighted by Crippen LogP contribution is 2.30. The number of benzene rings is 2. The lowest BCUT2D eigenvalue weighted by Gasteiger charge is -2.11. The summed E-state index contributed by atoms with van der Waals surface area (Å²) in [4.78, 5) is 12.0. The maximum Gasteiger partial charge on any atom is 0.387 e. The van der Waals surface area contributed by atoms with Crippen LogP contribution in [0, 0.1) is 6.92 Å². The molecule has 0 aliphatic heterocycles. The molecule has 7 heteroatoms. The van der Waals surface area contributed by atoms with Gasteiger partial charge < -0.3 is 14.8 Å². The lowest BCUT2D eigenvalue weighted by molar-refractivity contribution is -0.113. The summed E-state index contributed by atoms with van der Waals surface area (Å²) in [5.41, 5.74) is 2.69. The first-order valence-corrected chi connectivity index (χ1v) is 8.69. The monoisotopic (exact) mass is 367 g/mol. The average Bonchev–Trinajstić information content (AvgIpc) is 2.55. The van der Waals surface area contributed by atoms with Crippen molar-refractivity contribution in [3.05, 3.63) is 53.6 Å². The number of thioether (sulfide) groups is 1. The third-order valence-electron chi connectivity index (χ3n) is 3.25. The minimum absolute atomic E-state index is 0.0107. The van der Waals surface area contributed by atoms with Gasteiger partial charge in [0, 0.05) is 11.4 Å². The summed E-state index contributed by atoms with van der Waals surface area (Å²) in [6.45, 7) is -0.946. The number of carbonyl (C=O) groups is 1. The van der Waals surface area contributed by atoms with E-state index >= 15 is 0 Å². The highest BCUT2D eigenvalue weighted by Gasteiger charge is 2.11. The fourth-order valence-electron chi connectivity index (χ4n) is 2.18. The Morgan fingerprint density at radius 2 is 2.00 bits per heavy atom. The van der Waals surface area contributed by atoms with Gasteiger partial charge in [-0.2, -0.15) is 8.78 Å². The van der Waals surface area contributed by atoms with Crippen LogP contribution in [0.2, 0.25) is 0 Å². The molecule has 0 unspecified atom stereocenters. The fourth-order valence-corrected chi connectivity index (χ4v) is 2.95. The van der Waals surface area contributed by atoms with Crippen LogP contribution in [0.15, 0.2) is 42.5 Å². The largest absolute Gasteiger partial charge is 0.493 e. The number of nitrogens with one attached hydrogen (secondary N) is 1. The third kappa shape index (κ3) is 6.26. The van der Waals surface area contributed by atoms with Crippen molar-refractivity contribution in [2.24, 2.45) is 0 Å². The summed E-state index contributed by atoms with van der Waals surface area (Å²) >= 11 is 1.42. The molecule has 0 fully saturated rings. The molecule has 1 amide bonds. The van der Waals surface area contributed by atoms with Crippen LogP contribution in [-0.4, -0.2) is 25.4 Å². The van der Waals surface area contributed by atoms with E-state index in [1.165, 1.54) is 24.9 Å². The lowest BCUT2D eigenvalue weighted by Crippen LogP contribution is -2.14. The third-order valence-corrected chi connectivity index (χ3v) is 4.25. The van der Waals surface area contributed by atoms with Gasteiger partial charge in [0.15, 0.2) is 11.5 Å². The minimum atomic E-state index is -2.90. The summed E-state index contributed by atoms with van der Waals surface area (Å²) in [5.74, 6) is 0.962. The first-order chi connectivity index (χ1) is 12.0. The topological polar surface area (TPSA) is 47.6 Å². The van der Waals surface area contributed by atoms with Crippen molar-refractivity contribution in [1.82, 2.24) is 0 Å². The van der Waals surface area contributed by atoms with Gasteiger partial charge in [-0.05, 0) is 42.3 Å². The number of ether oxygens (including phenoxy) is 2. The molecule has 0 saturated carbocycles.